The highest BCUT2D eigenvalue weighted by atomic mass is 16.5. The first kappa shape index (κ1) is 10.4. The topological polar surface area (TPSA) is 79.2 Å². The minimum atomic E-state index is -0.748. The molecule has 0 spiro atoms. The molecule has 5 heteroatoms. The number of hydrogen-bond donors (Lipinski definition) is 1. The first-order chi connectivity index (χ1) is 5.70. The molecule has 0 aromatic rings. The molecule has 0 aliphatic heterocycles. The third-order valence-corrected chi connectivity index (χ3v) is 1.07. The lowest BCUT2D eigenvalue weighted by Gasteiger charge is -1.99. The van der Waals surface area contributed by atoms with E-state index < -0.39 is 5.97 Å². The maximum Gasteiger partial charge on any atom is 0.340 e. The SMILES string of the molecule is CCCC(=O)NCC(=O)OC#N. The standard InChI is InChI=1S/C7H10N2O3/c1-2-3-6(10)9-4-7(11)12-5-8/h2-4H2,1H3,(H,9,10). The van der Waals surface area contributed by atoms with Gasteiger partial charge in [-0.1, -0.05) is 6.92 Å². The molecule has 0 unspecified atom stereocenters. The van der Waals surface area contributed by atoms with Crippen molar-refractivity contribution in [3.05, 3.63) is 0 Å². The first-order valence-corrected chi connectivity index (χ1v) is 3.56. The van der Waals surface area contributed by atoms with Gasteiger partial charge in [-0.05, 0) is 6.42 Å². The maximum absolute atomic E-state index is 10.7. The maximum atomic E-state index is 10.7. The van der Waals surface area contributed by atoms with Gasteiger partial charge in [-0.15, -0.1) is 5.26 Å². The molecule has 66 valence electrons. The van der Waals surface area contributed by atoms with Crippen LogP contribution in [0.4, 0.5) is 0 Å². The Balaban J connectivity index is 3.48. The van der Waals surface area contributed by atoms with Crippen LogP contribution in [0.2, 0.25) is 0 Å². The largest absolute Gasteiger partial charge is 0.349 e. The molecule has 0 bridgehead atoms. The highest BCUT2D eigenvalue weighted by Gasteiger charge is 2.04. The van der Waals surface area contributed by atoms with Crippen molar-refractivity contribution >= 4 is 11.9 Å². The van der Waals surface area contributed by atoms with E-state index in [4.69, 9.17) is 5.26 Å². The van der Waals surface area contributed by atoms with Gasteiger partial charge in [0.15, 0.2) is 0 Å². The Morgan fingerprint density at radius 3 is 2.75 bits per heavy atom. The lowest BCUT2D eigenvalue weighted by Crippen LogP contribution is -2.29. The Bertz CT molecular complexity index is 207. The molecule has 0 rings (SSSR count). The normalized spacial score (nSPS) is 8.33. The first-order valence-electron chi connectivity index (χ1n) is 3.56. The fourth-order valence-electron chi connectivity index (χ4n) is 0.573. The van der Waals surface area contributed by atoms with E-state index in [1.165, 1.54) is 6.26 Å². The third kappa shape index (κ3) is 5.23. The summed E-state index contributed by atoms with van der Waals surface area (Å²) in [6.07, 6.45) is 2.32. The molecule has 0 saturated carbocycles. The van der Waals surface area contributed by atoms with Crippen LogP contribution in [0.25, 0.3) is 0 Å². The van der Waals surface area contributed by atoms with Gasteiger partial charge in [-0.3, -0.25) is 4.79 Å². The average molecular weight is 170 g/mol. The molecular weight excluding hydrogens is 160 g/mol. The monoisotopic (exact) mass is 170 g/mol. The molecular formula is C7H10N2O3. The molecule has 1 amide bonds. The summed E-state index contributed by atoms with van der Waals surface area (Å²) in [5.41, 5.74) is 0. The summed E-state index contributed by atoms with van der Waals surface area (Å²) < 4.78 is 3.92. The van der Waals surface area contributed by atoms with Crippen LogP contribution < -0.4 is 5.32 Å². The molecule has 0 fully saturated rings. The molecule has 12 heavy (non-hydrogen) atoms. The van der Waals surface area contributed by atoms with Gasteiger partial charge in [0, 0.05) is 6.42 Å². The molecule has 1 N–H and O–H groups in total. The Hall–Kier alpha value is -1.57. The number of nitriles is 1. The summed E-state index contributed by atoms with van der Waals surface area (Å²) in [5, 5.41) is 10.2. The zero-order chi connectivity index (χ0) is 9.40. The van der Waals surface area contributed by atoms with Crippen molar-refractivity contribution < 1.29 is 14.3 Å². The minimum Gasteiger partial charge on any atom is -0.349 e. The second-order valence-corrected chi connectivity index (χ2v) is 2.09. The Kier molecular flexibility index (Phi) is 5.35. The van der Waals surface area contributed by atoms with E-state index in [1.807, 2.05) is 6.92 Å². The van der Waals surface area contributed by atoms with Gasteiger partial charge in [0.25, 0.3) is 6.26 Å². The molecule has 0 heterocycles. The molecule has 0 aromatic carbocycles. The van der Waals surface area contributed by atoms with E-state index in [-0.39, 0.29) is 12.5 Å². The Morgan fingerprint density at radius 2 is 2.25 bits per heavy atom. The Labute approximate surface area is 70.3 Å². The summed E-state index contributed by atoms with van der Waals surface area (Å²) in [6, 6.07) is 0. The molecule has 5 nitrogen and oxygen atoms in total. The van der Waals surface area contributed by atoms with Gasteiger partial charge in [-0.25, -0.2) is 4.79 Å². The molecule has 0 aliphatic carbocycles. The van der Waals surface area contributed by atoms with E-state index in [1.54, 1.807) is 0 Å². The number of amides is 1. The number of carbonyl (C=O) groups is 2. The lowest BCUT2D eigenvalue weighted by molar-refractivity contribution is -0.137. The van der Waals surface area contributed by atoms with Crippen molar-refractivity contribution in [1.82, 2.24) is 5.32 Å². The van der Waals surface area contributed by atoms with Crippen LogP contribution in [0, 0.1) is 11.5 Å². The van der Waals surface area contributed by atoms with Crippen LogP contribution in [0.5, 0.6) is 0 Å². The number of rotatable bonds is 4. The van der Waals surface area contributed by atoms with E-state index in [0.29, 0.717) is 6.42 Å². The van der Waals surface area contributed by atoms with Gasteiger partial charge in [-0.2, -0.15) is 0 Å². The third-order valence-electron chi connectivity index (χ3n) is 1.07. The fourth-order valence-corrected chi connectivity index (χ4v) is 0.573. The number of esters is 1. The van der Waals surface area contributed by atoms with Crippen LogP contribution in [-0.4, -0.2) is 18.4 Å². The van der Waals surface area contributed by atoms with E-state index in [9.17, 15) is 9.59 Å². The van der Waals surface area contributed by atoms with Crippen molar-refractivity contribution in [3.8, 4) is 6.26 Å². The van der Waals surface area contributed by atoms with Crippen molar-refractivity contribution in [2.45, 2.75) is 19.8 Å². The summed E-state index contributed by atoms with van der Waals surface area (Å²) in [6.45, 7) is 1.61. The van der Waals surface area contributed by atoms with Crippen LogP contribution in [0.1, 0.15) is 19.8 Å². The van der Waals surface area contributed by atoms with E-state index >= 15 is 0 Å². The zero-order valence-electron chi connectivity index (χ0n) is 6.79. The highest BCUT2D eigenvalue weighted by Crippen LogP contribution is 1.84. The van der Waals surface area contributed by atoms with Gasteiger partial charge < -0.3 is 10.1 Å². The summed E-state index contributed by atoms with van der Waals surface area (Å²) >= 11 is 0. The van der Waals surface area contributed by atoms with Crippen molar-refractivity contribution in [2.75, 3.05) is 6.54 Å². The van der Waals surface area contributed by atoms with Gasteiger partial charge >= 0.3 is 5.97 Å². The molecule has 0 atom stereocenters. The number of nitrogens with zero attached hydrogens (tertiary/aromatic N) is 1. The van der Waals surface area contributed by atoms with Crippen molar-refractivity contribution in [1.29, 1.82) is 5.26 Å². The second kappa shape index (κ2) is 6.16. The fraction of sp³-hybridized carbons (Fsp3) is 0.571. The van der Waals surface area contributed by atoms with Crippen LogP contribution in [-0.2, 0) is 14.3 Å². The van der Waals surface area contributed by atoms with E-state index in [0.717, 1.165) is 6.42 Å². The van der Waals surface area contributed by atoms with Gasteiger partial charge in [0.05, 0.1) is 0 Å². The molecule has 0 radical (unpaired) electrons. The van der Waals surface area contributed by atoms with Crippen LogP contribution >= 0.6 is 0 Å². The average Bonchev–Trinajstić information content (AvgIpc) is 2.02. The molecule has 0 aromatic heterocycles. The van der Waals surface area contributed by atoms with Crippen LogP contribution in [0.3, 0.4) is 0 Å². The highest BCUT2D eigenvalue weighted by molar-refractivity contribution is 5.82. The van der Waals surface area contributed by atoms with Gasteiger partial charge in [0.2, 0.25) is 5.91 Å². The minimum absolute atomic E-state index is 0.215. The van der Waals surface area contributed by atoms with Crippen molar-refractivity contribution in [2.24, 2.45) is 0 Å². The Morgan fingerprint density at radius 1 is 1.58 bits per heavy atom. The summed E-state index contributed by atoms with van der Waals surface area (Å²) in [4.78, 5) is 21.2. The van der Waals surface area contributed by atoms with E-state index in [2.05, 4.69) is 10.1 Å². The molecule has 0 aliphatic rings. The molecule has 0 saturated heterocycles. The van der Waals surface area contributed by atoms with Gasteiger partial charge in [0.1, 0.15) is 6.54 Å². The predicted molar refractivity (Wildman–Crippen MR) is 39.6 cm³/mol. The smallest absolute Gasteiger partial charge is 0.340 e. The number of hydrogen-bond acceptors (Lipinski definition) is 4. The summed E-state index contributed by atoms with van der Waals surface area (Å²) in [5.74, 6) is -0.964. The second-order valence-electron chi connectivity index (χ2n) is 2.09. The lowest BCUT2D eigenvalue weighted by atomic mass is 10.3. The number of ether oxygens (including phenoxy) is 1. The number of nitrogens with one attached hydrogen (secondary N) is 1. The zero-order valence-corrected chi connectivity index (χ0v) is 6.79. The predicted octanol–water partition coefficient (Wildman–Crippen LogP) is -0.0730. The van der Waals surface area contributed by atoms with Crippen LogP contribution in [0.15, 0.2) is 0 Å². The van der Waals surface area contributed by atoms with Crippen molar-refractivity contribution in [3.63, 3.8) is 0 Å². The number of carbonyl (C=O) groups excluding carboxylic acids is 2. The summed E-state index contributed by atoms with van der Waals surface area (Å²) in [7, 11) is 0. The quantitative estimate of drug-likeness (QED) is 0.473.